The Hall–Kier alpha value is -1.85. The molecule has 1 aliphatic rings. The van der Waals surface area contributed by atoms with Gasteiger partial charge in [0.1, 0.15) is 0 Å². The number of thioether (sulfide) groups is 1. The van der Waals surface area contributed by atoms with Crippen LogP contribution >= 0.6 is 23.1 Å². The maximum atomic E-state index is 11.9. The number of benzene rings is 1. The van der Waals surface area contributed by atoms with Crippen LogP contribution in [-0.2, 0) is 4.79 Å². The fourth-order valence-corrected chi connectivity index (χ4v) is 3.83. The summed E-state index contributed by atoms with van der Waals surface area (Å²) in [6, 6.07) is 12.4. The Kier molecular flexibility index (Phi) is 3.69. The summed E-state index contributed by atoms with van der Waals surface area (Å²) < 4.78 is 0. The summed E-state index contributed by atoms with van der Waals surface area (Å²) in [5.74, 6) is -0.227. The van der Waals surface area contributed by atoms with Crippen molar-refractivity contribution in [2.24, 2.45) is 0 Å². The first-order valence-corrected chi connectivity index (χ1v) is 8.06. The summed E-state index contributed by atoms with van der Waals surface area (Å²) >= 11 is 2.60. The molecule has 1 saturated heterocycles. The highest BCUT2D eigenvalue weighted by molar-refractivity contribution is 8.18. The molecular weight excluding hydrogens is 302 g/mol. The number of imide groups is 1. The molecule has 1 fully saturated rings. The summed E-state index contributed by atoms with van der Waals surface area (Å²) in [6.07, 6.45) is 1.79. The van der Waals surface area contributed by atoms with Crippen LogP contribution in [0, 0.1) is 6.92 Å². The van der Waals surface area contributed by atoms with E-state index in [9.17, 15) is 9.59 Å². The maximum absolute atomic E-state index is 11.9. The predicted octanol–water partition coefficient (Wildman–Crippen LogP) is 4.39. The molecule has 0 bridgehead atoms. The van der Waals surface area contributed by atoms with Crippen molar-refractivity contribution >= 4 is 40.3 Å². The van der Waals surface area contributed by atoms with E-state index in [1.165, 1.54) is 12.6 Å². The Bertz CT molecular complexity index is 744. The molecule has 0 N–H and O–H groups in total. The predicted molar refractivity (Wildman–Crippen MR) is 88.2 cm³/mol. The molecule has 0 unspecified atom stereocenters. The van der Waals surface area contributed by atoms with Crippen LogP contribution in [0.15, 0.2) is 41.3 Å². The molecule has 0 radical (unpaired) electrons. The fraction of sp³-hybridized carbons (Fsp3) is 0.125. The van der Waals surface area contributed by atoms with E-state index in [1.54, 1.807) is 17.4 Å². The SMILES string of the molecule is Cc1ccc(-c2ccc(C=C3SC(=O)N(C)C3=O)s2)cc1. The summed E-state index contributed by atoms with van der Waals surface area (Å²) in [5.41, 5.74) is 2.39. The molecule has 0 aliphatic carbocycles. The van der Waals surface area contributed by atoms with Gasteiger partial charge in [0.15, 0.2) is 0 Å². The first kappa shape index (κ1) is 14.1. The average Bonchev–Trinajstić information content (AvgIpc) is 3.02. The highest BCUT2D eigenvalue weighted by Gasteiger charge is 2.31. The number of carbonyl (C=O) groups excluding carboxylic acids is 2. The second-order valence-corrected chi connectivity index (χ2v) is 6.92. The van der Waals surface area contributed by atoms with Crippen molar-refractivity contribution in [3.05, 3.63) is 51.7 Å². The molecule has 2 heterocycles. The normalized spacial score (nSPS) is 17.0. The molecule has 106 valence electrons. The van der Waals surface area contributed by atoms with Gasteiger partial charge in [0.25, 0.3) is 11.1 Å². The van der Waals surface area contributed by atoms with Crippen molar-refractivity contribution in [1.29, 1.82) is 0 Å². The minimum atomic E-state index is -0.227. The van der Waals surface area contributed by atoms with Crippen molar-refractivity contribution < 1.29 is 9.59 Å². The van der Waals surface area contributed by atoms with Crippen molar-refractivity contribution in [3.8, 4) is 10.4 Å². The van der Waals surface area contributed by atoms with Gasteiger partial charge in [-0.3, -0.25) is 14.5 Å². The van der Waals surface area contributed by atoms with Crippen LogP contribution in [0.3, 0.4) is 0 Å². The van der Waals surface area contributed by atoms with Crippen LogP contribution in [0.25, 0.3) is 16.5 Å². The third kappa shape index (κ3) is 2.80. The number of rotatable bonds is 2. The lowest BCUT2D eigenvalue weighted by molar-refractivity contribution is -0.121. The standard InChI is InChI=1S/C16H13NO2S2/c1-10-3-5-11(6-4-10)13-8-7-12(20-13)9-14-15(18)17(2)16(19)21-14/h3-9H,1-2H3. The highest BCUT2D eigenvalue weighted by atomic mass is 32.2. The minimum absolute atomic E-state index is 0.221. The van der Waals surface area contributed by atoms with Gasteiger partial charge in [0, 0.05) is 16.8 Å². The third-order valence-electron chi connectivity index (χ3n) is 3.22. The zero-order valence-electron chi connectivity index (χ0n) is 11.6. The third-order valence-corrected chi connectivity index (χ3v) is 5.26. The zero-order valence-corrected chi connectivity index (χ0v) is 13.3. The van der Waals surface area contributed by atoms with Gasteiger partial charge in [-0.1, -0.05) is 29.8 Å². The second-order valence-electron chi connectivity index (χ2n) is 4.81. The molecule has 5 heteroatoms. The number of hydrogen-bond acceptors (Lipinski definition) is 4. The van der Waals surface area contributed by atoms with Gasteiger partial charge in [-0.2, -0.15) is 0 Å². The Balaban J connectivity index is 1.87. The van der Waals surface area contributed by atoms with Gasteiger partial charge >= 0.3 is 0 Å². The van der Waals surface area contributed by atoms with Gasteiger partial charge in [0.2, 0.25) is 0 Å². The molecule has 2 aromatic rings. The summed E-state index contributed by atoms with van der Waals surface area (Å²) in [4.78, 5) is 27.1. The molecule has 3 rings (SSSR count). The van der Waals surface area contributed by atoms with E-state index in [0.717, 1.165) is 32.0 Å². The maximum Gasteiger partial charge on any atom is 0.293 e. The van der Waals surface area contributed by atoms with E-state index >= 15 is 0 Å². The van der Waals surface area contributed by atoms with Gasteiger partial charge < -0.3 is 0 Å². The largest absolute Gasteiger partial charge is 0.293 e. The van der Waals surface area contributed by atoms with Crippen molar-refractivity contribution in [1.82, 2.24) is 4.90 Å². The number of amides is 2. The number of carbonyl (C=O) groups is 2. The van der Waals surface area contributed by atoms with Crippen LogP contribution in [0.5, 0.6) is 0 Å². The molecule has 21 heavy (non-hydrogen) atoms. The smallest absolute Gasteiger partial charge is 0.272 e. The molecule has 1 aliphatic heterocycles. The monoisotopic (exact) mass is 315 g/mol. The first-order valence-electron chi connectivity index (χ1n) is 6.43. The molecule has 2 amide bonds. The van der Waals surface area contributed by atoms with Crippen LogP contribution in [0.1, 0.15) is 10.4 Å². The second kappa shape index (κ2) is 5.50. The van der Waals surface area contributed by atoms with E-state index in [-0.39, 0.29) is 11.1 Å². The Morgan fingerprint density at radius 3 is 2.38 bits per heavy atom. The van der Waals surface area contributed by atoms with Crippen molar-refractivity contribution in [2.75, 3.05) is 7.05 Å². The summed E-state index contributed by atoms with van der Waals surface area (Å²) in [7, 11) is 1.50. The Morgan fingerprint density at radius 2 is 1.76 bits per heavy atom. The number of likely N-dealkylation sites (N-methyl/N-ethyl adjacent to an activating group) is 1. The molecular formula is C16H13NO2S2. The molecule has 3 nitrogen and oxygen atoms in total. The number of nitrogens with zero attached hydrogens (tertiary/aromatic N) is 1. The van der Waals surface area contributed by atoms with Gasteiger partial charge in [-0.15, -0.1) is 11.3 Å². The van der Waals surface area contributed by atoms with E-state index in [0.29, 0.717) is 4.91 Å². The summed E-state index contributed by atoms with van der Waals surface area (Å²) in [6.45, 7) is 2.06. The van der Waals surface area contributed by atoms with Crippen LogP contribution < -0.4 is 0 Å². The fourth-order valence-electron chi connectivity index (χ4n) is 1.98. The number of hydrogen-bond donors (Lipinski definition) is 0. The van der Waals surface area contributed by atoms with Crippen LogP contribution in [0.4, 0.5) is 4.79 Å². The zero-order chi connectivity index (χ0) is 15.0. The molecule has 0 spiro atoms. The average molecular weight is 315 g/mol. The van der Waals surface area contributed by atoms with Crippen LogP contribution in [-0.4, -0.2) is 23.1 Å². The number of aryl methyl sites for hydroxylation is 1. The number of thiophene rings is 1. The van der Waals surface area contributed by atoms with E-state index < -0.39 is 0 Å². The molecule has 0 atom stereocenters. The minimum Gasteiger partial charge on any atom is -0.272 e. The lowest BCUT2D eigenvalue weighted by Gasteiger charge is -2.00. The topological polar surface area (TPSA) is 37.4 Å². The van der Waals surface area contributed by atoms with Gasteiger partial charge in [-0.25, -0.2) is 0 Å². The van der Waals surface area contributed by atoms with E-state index in [4.69, 9.17) is 0 Å². The Labute approximate surface area is 131 Å². The molecule has 1 aromatic heterocycles. The highest BCUT2D eigenvalue weighted by Crippen LogP contribution is 2.34. The van der Waals surface area contributed by atoms with Crippen molar-refractivity contribution in [3.63, 3.8) is 0 Å². The molecule has 0 saturated carbocycles. The summed E-state index contributed by atoms with van der Waals surface area (Å²) in [5, 5.41) is -0.221. The Morgan fingerprint density at radius 1 is 1.05 bits per heavy atom. The van der Waals surface area contributed by atoms with Crippen molar-refractivity contribution in [2.45, 2.75) is 6.92 Å². The molecule has 1 aromatic carbocycles. The lowest BCUT2D eigenvalue weighted by Crippen LogP contribution is -2.22. The quantitative estimate of drug-likeness (QED) is 0.771. The first-order chi connectivity index (χ1) is 10.0. The van der Waals surface area contributed by atoms with Crippen LogP contribution in [0.2, 0.25) is 0 Å². The van der Waals surface area contributed by atoms with Gasteiger partial charge in [0.05, 0.1) is 4.91 Å². The van der Waals surface area contributed by atoms with E-state index in [2.05, 4.69) is 31.2 Å². The lowest BCUT2D eigenvalue weighted by atomic mass is 10.1. The van der Waals surface area contributed by atoms with E-state index in [1.807, 2.05) is 12.1 Å². The van der Waals surface area contributed by atoms with Gasteiger partial charge in [-0.05, 0) is 42.5 Å².